The fraction of sp³-hybridized carbons (Fsp3) is 0.143. The quantitative estimate of drug-likeness (QED) is 0.830. The molecular formula is C14H12ClFOS. The monoisotopic (exact) mass is 282 g/mol. The maximum atomic E-state index is 13.4. The van der Waals surface area contributed by atoms with Gasteiger partial charge in [-0.1, -0.05) is 41.9 Å². The van der Waals surface area contributed by atoms with E-state index in [9.17, 15) is 8.60 Å². The molecule has 94 valence electrons. The van der Waals surface area contributed by atoms with Gasteiger partial charge >= 0.3 is 0 Å². The third-order valence-corrected chi connectivity index (χ3v) is 4.01. The van der Waals surface area contributed by atoms with Crippen LogP contribution in [-0.2, 0) is 22.3 Å². The molecule has 0 aliphatic carbocycles. The zero-order valence-electron chi connectivity index (χ0n) is 9.61. The Morgan fingerprint density at radius 3 is 2.56 bits per heavy atom. The lowest BCUT2D eigenvalue weighted by Crippen LogP contribution is -2.01. The van der Waals surface area contributed by atoms with Gasteiger partial charge in [0.15, 0.2) is 0 Å². The predicted molar refractivity (Wildman–Crippen MR) is 73.4 cm³/mol. The molecule has 18 heavy (non-hydrogen) atoms. The van der Waals surface area contributed by atoms with Crippen molar-refractivity contribution in [3.8, 4) is 0 Å². The van der Waals surface area contributed by atoms with Crippen LogP contribution in [0.15, 0.2) is 48.5 Å². The first kappa shape index (κ1) is 13.2. The summed E-state index contributed by atoms with van der Waals surface area (Å²) in [6, 6.07) is 13.6. The van der Waals surface area contributed by atoms with Crippen molar-refractivity contribution in [3.05, 3.63) is 70.5 Å². The van der Waals surface area contributed by atoms with Crippen LogP contribution in [0.2, 0.25) is 5.02 Å². The van der Waals surface area contributed by atoms with Gasteiger partial charge in [0.25, 0.3) is 0 Å². The predicted octanol–water partition coefficient (Wildman–Crippen LogP) is 3.93. The molecule has 0 N–H and O–H groups in total. The SMILES string of the molecule is O=S(Cc1cccc(Cl)c1)Cc1ccccc1F. The van der Waals surface area contributed by atoms with Crippen LogP contribution < -0.4 is 0 Å². The van der Waals surface area contributed by atoms with Gasteiger partial charge in [-0.25, -0.2) is 4.39 Å². The second kappa shape index (κ2) is 6.12. The molecule has 0 aromatic heterocycles. The van der Waals surface area contributed by atoms with Gasteiger partial charge in [0.1, 0.15) is 5.82 Å². The standard InChI is InChI=1S/C14H12ClFOS/c15-13-6-3-4-11(8-13)9-18(17)10-12-5-1-2-7-14(12)16/h1-8H,9-10H2. The minimum absolute atomic E-state index is 0.221. The summed E-state index contributed by atoms with van der Waals surface area (Å²) in [6.07, 6.45) is 0. The lowest BCUT2D eigenvalue weighted by atomic mass is 10.2. The molecule has 0 radical (unpaired) electrons. The number of halogens is 2. The fourth-order valence-electron chi connectivity index (χ4n) is 1.65. The van der Waals surface area contributed by atoms with E-state index in [0.29, 0.717) is 16.3 Å². The molecule has 0 spiro atoms. The molecule has 0 saturated heterocycles. The summed E-state index contributed by atoms with van der Waals surface area (Å²) in [6.45, 7) is 0. The van der Waals surface area contributed by atoms with E-state index in [1.165, 1.54) is 6.07 Å². The van der Waals surface area contributed by atoms with Crippen LogP contribution in [0.5, 0.6) is 0 Å². The molecule has 1 unspecified atom stereocenters. The Kier molecular flexibility index (Phi) is 4.50. The van der Waals surface area contributed by atoms with Gasteiger partial charge in [0.05, 0.1) is 5.75 Å². The van der Waals surface area contributed by atoms with E-state index in [0.717, 1.165) is 5.56 Å². The zero-order chi connectivity index (χ0) is 13.0. The van der Waals surface area contributed by atoms with Gasteiger partial charge in [-0.2, -0.15) is 0 Å². The molecule has 0 bridgehead atoms. The lowest BCUT2D eigenvalue weighted by Gasteiger charge is -2.04. The van der Waals surface area contributed by atoms with E-state index in [1.54, 1.807) is 30.3 Å². The van der Waals surface area contributed by atoms with Crippen LogP contribution in [0, 0.1) is 5.82 Å². The van der Waals surface area contributed by atoms with Gasteiger partial charge in [0.2, 0.25) is 0 Å². The molecule has 2 aromatic carbocycles. The number of hydrogen-bond acceptors (Lipinski definition) is 1. The molecule has 0 amide bonds. The Labute approximate surface area is 113 Å². The molecule has 2 rings (SSSR count). The van der Waals surface area contributed by atoms with E-state index in [2.05, 4.69) is 0 Å². The summed E-state index contributed by atoms with van der Waals surface area (Å²) in [5.74, 6) is 0.297. The molecule has 0 fully saturated rings. The van der Waals surface area contributed by atoms with Gasteiger partial charge in [-0.15, -0.1) is 0 Å². The highest BCUT2D eigenvalue weighted by atomic mass is 35.5. The number of rotatable bonds is 4. The number of benzene rings is 2. The first-order valence-corrected chi connectivity index (χ1v) is 7.34. The maximum absolute atomic E-state index is 13.4. The van der Waals surface area contributed by atoms with Crippen molar-refractivity contribution in [2.45, 2.75) is 11.5 Å². The summed E-state index contributed by atoms with van der Waals surface area (Å²) in [7, 11) is -1.14. The summed E-state index contributed by atoms with van der Waals surface area (Å²) in [5.41, 5.74) is 1.38. The molecular weight excluding hydrogens is 271 g/mol. The second-order valence-corrected chi connectivity index (χ2v) is 5.84. The Morgan fingerprint density at radius 1 is 1.06 bits per heavy atom. The summed E-state index contributed by atoms with van der Waals surface area (Å²) < 4.78 is 25.3. The van der Waals surface area contributed by atoms with Crippen molar-refractivity contribution in [3.63, 3.8) is 0 Å². The Balaban J connectivity index is 2.03. The highest BCUT2D eigenvalue weighted by Crippen LogP contribution is 2.15. The van der Waals surface area contributed by atoms with E-state index in [1.807, 2.05) is 12.1 Å². The number of hydrogen-bond donors (Lipinski definition) is 0. The fourth-order valence-corrected chi connectivity index (χ4v) is 3.10. The Hall–Kier alpha value is -1.19. The second-order valence-electron chi connectivity index (χ2n) is 3.95. The smallest absolute Gasteiger partial charge is 0.127 e. The lowest BCUT2D eigenvalue weighted by molar-refractivity contribution is 0.615. The van der Waals surface area contributed by atoms with E-state index in [-0.39, 0.29) is 11.6 Å². The largest absolute Gasteiger partial charge is 0.259 e. The molecule has 2 aromatic rings. The summed E-state index contributed by atoms with van der Waals surface area (Å²) in [4.78, 5) is 0. The molecule has 0 aliphatic heterocycles. The highest BCUT2D eigenvalue weighted by Gasteiger charge is 2.07. The molecule has 0 heterocycles. The third kappa shape index (κ3) is 3.65. The van der Waals surface area contributed by atoms with Crippen molar-refractivity contribution >= 4 is 22.4 Å². The third-order valence-electron chi connectivity index (χ3n) is 2.49. The van der Waals surface area contributed by atoms with Crippen LogP contribution in [0.4, 0.5) is 4.39 Å². The van der Waals surface area contributed by atoms with Crippen molar-refractivity contribution in [1.29, 1.82) is 0 Å². The van der Waals surface area contributed by atoms with E-state index < -0.39 is 10.8 Å². The van der Waals surface area contributed by atoms with Crippen molar-refractivity contribution < 1.29 is 8.60 Å². The topological polar surface area (TPSA) is 17.1 Å². The summed E-state index contributed by atoms with van der Waals surface area (Å²) in [5, 5.41) is 0.621. The zero-order valence-corrected chi connectivity index (χ0v) is 11.2. The highest BCUT2D eigenvalue weighted by molar-refractivity contribution is 7.83. The van der Waals surface area contributed by atoms with Crippen LogP contribution in [-0.4, -0.2) is 4.21 Å². The van der Waals surface area contributed by atoms with Gasteiger partial charge in [-0.3, -0.25) is 4.21 Å². The van der Waals surface area contributed by atoms with Crippen LogP contribution >= 0.6 is 11.6 Å². The van der Waals surface area contributed by atoms with Crippen molar-refractivity contribution in [2.24, 2.45) is 0 Å². The maximum Gasteiger partial charge on any atom is 0.127 e. The normalized spacial score (nSPS) is 12.3. The van der Waals surface area contributed by atoms with Crippen LogP contribution in [0.3, 0.4) is 0 Å². The molecule has 4 heteroatoms. The molecule has 0 saturated carbocycles. The van der Waals surface area contributed by atoms with Crippen LogP contribution in [0.25, 0.3) is 0 Å². The Morgan fingerprint density at radius 2 is 1.83 bits per heavy atom. The van der Waals surface area contributed by atoms with Crippen molar-refractivity contribution in [2.75, 3.05) is 0 Å². The van der Waals surface area contributed by atoms with Gasteiger partial charge < -0.3 is 0 Å². The first-order valence-electron chi connectivity index (χ1n) is 5.48. The molecule has 1 nitrogen and oxygen atoms in total. The average Bonchev–Trinajstić information content (AvgIpc) is 2.32. The molecule has 1 atom stereocenters. The molecule has 0 aliphatic rings. The average molecular weight is 283 g/mol. The van der Waals surface area contributed by atoms with E-state index in [4.69, 9.17) is 11.6 Å². The Bertz CT molecular complexity index is 571. The van der Waals surface area contributed by atoms with Crippen molar-refractivity contribution in [1.82, 2.24) is 0 Å². The summed E-state index contributed by atoms with van der Waals surface area (Å²) >= 11 is 5.85. The van der Waals surface area contributed by atoms with Crippen LogP contribution in [0.1, 0.15) is 11.1 Å². The first-order chi connectivity index (χ1) is 8.65. The van der Waals surface area contributed by atoms with E-state index >= 15 is 0 Å². The minimum atomic E-state index is -1.14. The van der Waals surface area contributed by atoms with Gasteiger partial charge in [0, 0.05) is 27.1 Å². The van der Waals surface area contributed by atoms with Gasteiger partial charge in [-0.05, 0) is 23.8 Å². The minimum Gasteiger partial charge on any atom is -0.259 e.